The molecule has 1 aromatic heterocycles. The number of thioether (sulfide) groups is 1. The van der Waals surface area contributed by atoms with E-state index in [0.29, 0.717) is 42.9 Å². The van der Waals surface area contributed by atoms with Gasteiger partial charge in [0.15, 0.2) is 5.75 Å². The molecule has 0 radical (unpaired) electrons. The quantitative estimate of drug-likeness (QED) is 0.696. The lowest BCUT2D eigenvalue weighted by atomic mass is 10.2. The number of benzene rings is 1. The molecule has 4 rings (SSSR count). The number of anilines is 1. The molecule has 1 unspecified atom stereocenters. The van der Waals surface area contributed by atoms with Crippen molar-refractivity contribution in [3.05, 3.63) is 24.5 Å². The lowest BCUT2D eigenvalue weighted by Gasteiger charge is -2.37. The molecule has 3 amide bonds. The lowest BCUT2D eigenvalue weighted by molar-refractivity contribution is -0.138. The van der Waals surface area contributed by atoms with Gasteiger partial charge in [0, 0.05) is 31.9 Å². The van der Waals surface area contributed by atoms with E-state index >= 15 is 0 Å². The summed E-state index contributed by atoms with van der Waals surface area (Å²) in [5, 5.41) is 0.657. The topological polar surface area (TPSA) is 109 Å². The third kappa shape index (κ3) is 4.10. The summed E-state index contributed by atoms with van der Waals surface area (Å²) in [5.74, 6) is 0.525. The highest BCUT2D eigenvalue weighted by molar-refractivity contribution is 8.11. The number of amides is 3. The van der Waals surface area contributed by atoms with Gasteiger partial charge in [-0.05, 0) is 18.2 Å². The predicted molar refractivity (Wildman–Crippen MR) is 112 cm³/mol. The number of ether oxygens (including phenoxy) is 1. The van der Waals surface area contributed by atoms with Crippen LogP contribution in [0.2, 0.25) is 0 Å². The second-order valence-corrected chi connectivity index (χ2v) is 8.64. The van der Waals surface area contributed by atoms with Crippen molar-refractivity contribution < 1.29 is 23.5 Å². The zero-order valence-electron chi connectivity index (χ0n) is 15.4. The maximum Gasteiger partial charge on any atom is 0.410 e. The molecular weight excluding hydrogens is 416 g/mol. The minimum absolute atomic E-state index is 0.0515. The Hall–Kier alpha value is -2.53. The van der Waals surface area contributed by atoms with Gasteiger partial charge >= 0.3 is 6.09 Å². The normalized spacial score (nSPS) is 19.8. The fourth-order valence-electron chi connectivity index (χ4n) is 3.45. The van der Waals surface area contributed by atoms with Gasteiger partial charge in [-0.25, -0.2) is 4.79 Å². The highest BCUT2D eigenvalue weighted by Gasteiger charge is 2.32. The first-order valence-corrected chi connectivity index (χ1v) is 10.6. The van der Waals surface area contributed by atoms with Gasteiger partial charge in [0.05, 0.1) is 11.1 Å². The first-order chi connectivity index (χ1) is 13.9. The Kier molecular flexibility index (Phi) is 5.50. The van der Waals surface area contributed by atoms with E-state index in [2.05, 4.69) is 17.5 Å². The zero-order valence-corrected chi connectivity index (χ0v) is 17.2. The van der Waals surface area contributed by atoms with Crippen LogP contribution in [0.25, 0.3) is 11.0 Å². The van der Waals surface area contributed by atoms with Crippen LogP contribution in [-0.4, -0.2) is 70.9 Å². The summed E-state index contributed by atoms with van der Waals surface area (Å²) in [5.41, 5.74) is 6.62. The van der Waals surface area contributed by atoms with Gasteiger partial charge in [-0.3, -0.25) is 9.59 Å². The number of fused-ring (bicyclic) bond motifs is 1. The average Bonchev–Trinajstić information content (AvgIpc) is 3.25. The molecule has 2 aliphatic rings. The van der Waals surface area contributed by atoms with Crippen molar-refractivity contribution in [3.63, 3.8) is 0 Å². The van der Waals surface area contributed by atoms with Crippen LogP contribution < -0.4 is 15.4 Å². The second kappa shape index (κ2) is 8.07. The van der Waals surface area contributed by atoms with Gasteiger partial charge in [0.2, 0.25) is 11.8 Å². The highest BCUT2D eigenvalue weighted by atomic mass is 32.2. The van der Waals surface area contributed by atoms with Crippen LogP contribution in [0.3, 0.4) is 0 Å². The third-order valence-corrected chi connectivity index (χ3v) is 6.67. The molecule has 1 atom stereocenters. The van der Waals surface area contributed by atoms with Crippen LogP contribution in [0.5, 0.6) is 5.75 Å². The van der Waals surface area contributed by atoms with Gasteiger partial charge in [-0.2, -0.15) is 0 Å². The van der Waals surface area contributed by atoms with Gasteiger partial charge in [-0.15, -0.1) is 24.4 Å². The van der Waals surface area contributed by atoms with Crippen LogP contribution in [0, 0.1) is 0 Å². The van der Waals surface area contributed by atoms with Gasteiger partial charge in [-0.1, -0.05) is 0 Å². The van der Waals surface area contributed by atoms with Crippen LogP contribution in [-0.2, 0) is 9.59 Å². The van der Waals surface area contributed by atoms with Gasteiger partial charge < -0.3 is 29.6 Å². The van der Waals surface area contributed by atoms with Crippen molar-refractivity contribution >= 4 is 59.0 Å². The number of carbonyl (C=O) groups excluding carboxylic acids is 3. The molecule has 11 heteroatoms. The fraction of sp³-hybridized carbons (Fsp3) is 0.389. The number of thiol groups is 1. The zero-order chi connectivity index (χ0) is 20.5. The number of hydrogen-bond donors (Lipinski definition) is 2. The molecule has 2 N–H and O–H groups in total. The number of hydrogen-bond acceptors (Lipinski definition) is 8. The Morgan fingerprint density at radius 3 is 2.69 bits per heavy atom. The van der Waals surface area contributed by atoms with Crippen LogP contribution in [0.1, 0.15) is 0 Å². The minimum Gasteiger partial charge on any atom is -0.460 e. The number of nitrogens with two attached hydrogens (primary N) is 1. The minimum atomic E-state index is -0.899. The number of nitrogens with zero attached hydrogens (tertiary/aromatic N) is 3. The van der Waals surface area contributed by atoms with Crippen molar-refractivity contribution in [3.8, 4) is 5.75 Å². The molecule has 0 aliphatic carbocycles. The number of piperazine rings is 1. The second-order valence-electron chi connectivity index (χ2n) is 6.73. The van der Waals surface area contributed by atoms with E-state index in [1.165, 1.54) is 22.9 Å². The van der Waals surface area contributed by atoms with E-state index < -0.39 is 6.09 Å². The standard InChI is InChI=1S/C18H20N4O5S2/c19-17(25)27-14-9-26-13-2-1-11(7-12(13)14)20-3-5-21(6-4-20)15(23)8-22-16(24)10-29-18(22)28/h1-2,7,9,18,28H,3-6,8,10H2,(H2,19,25). The Labute approximate surface area is 176 Å². The van der Waals surface area contributed by atoms with E-state index in [-0.39, 0.29) is 28.8 Å². The SMILES string of the molecule is NC(=O)Oc1coc2ccc(N3CCN(C(=O)CN4C(=O)CSC4S)CC3)cc12. The number of rotatable bonds is 4. The lowest BCUT2D eigenvalue weighted by Crippen LogP contribution is -2.51. The predicted octanol–water partition coefficient (Wildman–Crippen LogP) is 1.33. The van der Waals surface area contributed by atoms with Crippen molar-refractivity contribution in [1.29, 1.82) is 0 Å². The highest BCUT2D eigenvalue weighted by Crippen LogP contribution is 2.32. The van der Waals surface area contributed by atoms with Crippen LogP contribution in [0.4, 0.5) is 10.5 Å². The van der Waals surface area contributed by atoms with E-state index in [1.54, 1.807) is 11.0 Å². The summed E-state index contributed by atoms with van der Waals surface area (Å²) in [4.78, 5) is 40.9. The number of primary amides is 1. The van der Waals surface area contributed by atoms with Crippen molar-refractivity contribution in [2.24, 2.45) is 5.73 Å². The molecule has 29 heavy (non-hydrogen) atoms. The molecule has 0 spiro atoms. The Morgan fingerprint density at radius 2 is 2.03 bits per heavy atom. The average molecular weight is 437 g/mol. The van der Waals surface area contributed by atoms with E-state index in [4.69, 9.17) is 14.9 Å². The molecule has 2 fully saturated rings. The summed E-state index contributed by atoms with van der Waals surface area (Å²) < 4.78 is 10.1. The molecular formula is C18H20N4O5S2. The first-order valence-electron chi connectivity index (χ1n) is 9.03. The van der Waals surface area contributed by atoms with Crippen molar-refractivity contribution in [2.75, 3.05) is 43.4 Å². The maximum atomic E-state index is 12.6. The summed E-state index contributed by atoms with van der Waals surface area (Å²) in [6.45, 7) is 2.47. The fourth-order valence-corrected chi connectivity index (χ4v) is 4.71. The van der Waals surface area contributed by atoms with E-state index in [9.17, 15) is 14.4 Å². The molecule has 0 bridgehead atoms. The Bertz CT molecular complexity index is 957. The Morgan fingerprint density at radius 1 is 1.28 bits per heavy atom. The van der Waals surface area contributed by atoms with Crippen molar-refractivity contribution in [2.45, 2.75) is 4.71 Å². The van der Waals surface area contributed by atoms with Crippen LogP contribution in [0.15, 0.2) is 28.9 Å². The molecule has 0 saturated carbocycles. The molecule has 3 heterocycles. The number of furan rings is 1. The third-order valence-electron chi connectivity index (χ3n) is 4.98. The van der Waals surface area contributed by atoms with Gasteiger partial charge in [0.25, 0.3) is 0 Å². The van der Waals surface area contributed by atoms with Crippen molar-refractivity contribution in [1.82, 2.24) is 9.80 Å². The molecule has 9 nitrogen and oxygen atoms in total. The summed E-state index contributed by atoms with van der Waals surface area (Å²) >= 11 is 5.76. The van der Waals surface area contributed by atoms with E-state index in [1.807, 2.05) is 12.1 Å². The molecule has 1 aromatic carbocycles. The molecule has 2 aliphatic heterocycles. The molecule has 2 aromatic rings. The maximum absolute atomic E-state index is 12.6. The monoisotopic (exact) mass is 436 g/mol. The van der Waals surface area contributed by atoms with Crippen LogP contribution >= 0.6 is 24.4 Å². The van der Waals surface area contributed by atoms with E-state index in [0.717, 1.165) is 5.69 Å². The first kappa shape index (κ1) is 19.8. The summed E-state index contributed by atoms with van der Waals surface area (Å²) in [6, 6.07) is 5.60. The number of carbonyl (C=O) groups is 3. The summed E-state index contributed by atoms with van der Waals surface area (Å²) in [6.07, 6.45) is 0.450. The summed E-state index contributed by atoms with van der Waals surface area (Å²) in [7, 11) is 0. The smallest absolute Gasteiger partial charge is 0.410 e. The largest absolute Gasteiger partial charge is 0.460 e. The Balaban J connectivity index is 1.39. The molecule has 154 valence electrons. The molecule has 2 saturated heterocycles. The van der Waals surface area contributed by atoms with Gasteiger partial charge in [0.1, 0.15) is 23.1 Å².